The summed E-state index contributed by atoms with van der Waals surface area (Å²) in [6.45, 7) is 7.62. The van der Waals surface area contributed by atoms with E-state index in [-0.39, 0.29) is 0 Å². The minimum atomic E-state index is -0.480. The van der Waals surface area contributed by atoms with Crippen molar-refractivity contribution < 1.29 is 5.11 Å². The van der Waals surface area contributed by atoms with Gasteiger partial charge in [0.25, 0.3) is 0 Å². The first-order valence-corrected chi connectivity index (χ1v) is 5.57. The monoisotopic (exact) mass is 226 g/mol. The molecule has 0 fully saturated rings. The number of nitrogens with two attached hydrogens (primary N) is 1. The highest BCUT2D eigenvalue weighted by Gasteiger charge is 2.26. The maximum absolute atomic E-state index is 9.65. The van der Waals surface area contributed by atoms with Gasteiger partial charge in [-0.3, -0.25) is 4.68 Å². The third-order valence-electron chi connectivity index (χ3n) is 2.98. The van der Waals surface area contributed by atoms with E-state index in [4.69, 9.17) is 5.73 Å². The van der Waals surface area contributed by atoms with Gasteiger partial charge in [0.2, 0.25) is 0 Å². The van der Waals surface area contributed by atoms with Gasteiger partial charge in [-0.1, -0.05) is 6.92 Å². The van der Waals surface area contributed by atoms with Crippen molar-refractivity contribution in [3.8, 4) is 0 Å². The molecule has 1 heterocycles. The first-order chi connectivity index (χ1) is 7.29. The van der Waals surface area contributed by atoms with E-state index in [9.17, 15) is 5.11 Å². The van der Waals surface area contributed by atoms with Crippen molar-refractivity contribution in [1.29, 1.82) is 0 Å². The molecule has 0 aliphatic carbocycles. The first-order valence-electron chi connectivity index (χ1n) is 5.57. The first kappa shape index (κ1) is 12.8. The number of nitrogens with zero attached hydrogens (tertiary/aromatic N) is 2. The van der Waals surface area contributed by atoms with Crippen molar-refractivity contribution >= 4 is 11.5 Å². The van der Waals surface area contributed by atoms with Crippen LogP contribution in [0.25, 0.3) is 0 Å². The fourth-order valence-corrected chi connectivity index (χ4v) is 1.41. The molecule has 0 saturated heterocycles. The van der Waals surface area contributed by atoms with Crippen LogP contribution in [0, 0.1) is 0 Å². The van der Waals surface area contributed by atoms with Crippen molar-refractivity contribution in [1.82, 2.24) is 9.78 Å². The highest BCUT2D eigenvalue weighted by atomic mass is 16.3. The fraction of sp³-hybridized carbons (Fsp3) is 0.727. The van der Waals surface area contributed by atoms with Crippen LogP contribution in [0.1, 0.15) is 33.4 Å². The molecule has 5 heteroatoms. The maximum Gasteiger partial charge on any atom is 0.148 e. The smallest absolute Gasteiger partial charge is 0.148 e. The van der Waals surface area contributed by atoms with Crippen LogP contribution in [0.2, 0.25) is 0 Å². The van der Waals surface area contributed by atoms with Gasteiger partial charge in [0.1, 0.15) is 5.82 Å². The van der Waals surface area contributed by atoms with Crippen molar-refractivity contribution in [2.24, 2.45) is 7.05 Å². The maximum atomic E-state index is 9.65. The Morgan fingerprint density at radius 3 is 2.50 bits per heavy atom. The van der Waals surface area contributed by atoms with Crippen LogP contribution in [-0.4, -0.2) is 26.5 Å². The number of aliphatic hydroxyl groups is 1. The number of nitrogens with one attached hydrogen (secondary N) is 1. The Balaban J connectivity index is 3.02. The molecule has 1 aromatic rings. The number of aryl methyl sites for hydroxylation is 2. The van der Waals surface area contributed by atoms with E-state index in [1.165, 1.54) is 0 Å². The number of anilines is 2. The van der Waals surface area contributed by atoms with Gasteiger partial charge >= 0.3 is 0 Å². The molecule has 0 aliphatic rings. The van der Waals surface area contributed by atoms with E-state index in [2.05, 4.69) is 10.4 Å². The number of aliphatic hydroxyl groups excluding tert-OH is 1. The number of aromatic nitrogens is 2. The van der Waals surface area contributed by atoms with Crippen LogP contribution in [-0.2, 0) is 13.5 Å². The molecule has 16 heavy (non-hydrogen) atoms. The molecule has 0 radical (unpaired) electrons. The molecule has 1 aromatic heterocycles. The van der Waals surface area contributed by atoms with Gasteiger partial charge in [0, 0.05) is 7.05 Å². The second kappa shape index (κ2) is 4.33. The number of rotatable bonds is 4. The lowest BCUT2D eigenvalue weighted by Gasteiger charge is -2.30. The predicted octanol–water partition coefficient (Wildman–Crippen LogP) is 1.14. The SMILES string of the molecule is CCc1nn(C)c(NC(C)(C)C(C)O)c1N. The molecular weight excluding hydrogens is 204 g/mol. The Morgan fingerprint density at radius 2 is 2.12 bits per heavy atom. The van der Waals surface area contributed by atoms with Crippen molar-refractivity contribution in [3.05, 3.63) is 5.69 Å². The normalized spacial score (nSPS) is 13.9. The van der Waals surface area contributed by atoms with Gasteiger partial charge in [-0.25, -0.2) is 0 Å². The van der Waals surface area contributed by atoms with Gasteiger partial charge in [-0.2, -0.15) is 5.10 Å². The zero-order chi connectivity index (χ0) is 12.5. The summed E-state index contributed by atoms with van der Waals surface area (Å²) >= 11 is 0. The summed E-state index contributed by atoms with van der Waals surface area (Å²) in [6.07, 6.45) is 0.322. The van der Waals surface area contributed by atoms with E-state index in [1.54, 1.807) is 11.6 Å². The Hall–Kier alpha value is -1.23. The molecule has 0 amide bonds. The topological polar surface area (TPSA) is 76.1 Å². The second-order valence-electron chi connectivity index (χ2n) is 4.71. The van der Waals surface area contributed by atoms with E-state index in [0.717, 1.165) is 17.9 Å². The van der Waals surface area contributed by atoms with Gasteiger partial charge in [-0.05, 0) is 27.2 Å². The third kappa shape index (κ3) is 2.29. The van der Waals surface area contributed by atoms with Crippen molar-refractivity contribution in [3.63, 3.8) is 0 Å². The molecule has 0 aromatic carbocycles. The molecule has 1 atom stereocenters. The number of nitrogen functional groups attached to an aromatic ring is 1. The summed E-state index contributed by atoms with van der Waals surface area (Å²) in [6, 6.07) is 0. The molecule has 0 spiro atoms. The second-order valence-corrected chi connectivity index (χ2v) is 4.71. The number of hydrogen-bond acceptors (Lipinski definition) is 4. The molecule has 5 nitrogen and oxygen atoms in total. The van der Waals surface area contributed by atoms with Crippen LogP contribution in [0.3, 0.4) is 0 Å². The fourth-order valence-electron chi connectivity index (χ4n) is 1.41. The summed E-state index contributed by atoms with van der Waals surface area (Å²) < 4.78 is 1.72. The van der Waals surface area contributed by atoms with E-state index in [1.807, 2.05) is 27.8 Å². The minimum absolute atomic E-state index is 0.438. The summed E-state index contributed by atoms with van der Waals surface area (Å²) in [4.78, 5) is 0. The Bertz CT molecular complexity index is 368. The van der Waals surface area contributed by atoms with Gasteiger partial charge in [0.15, 0.2) is 0 Å². The van der Waals surface area contributed by atoms with Gasteiger partial charge in [0.05, 0.1) is 23.0 Å². The average molecular weight is 226 g/mol. The summed E-state index contributed by atoms with van der Waals surface area (Å²) in [7, 11) is 1.84. The summed E-state index contributed by atoms with van der Waals surface area (Å²) in [5, 5.41) is 17.2. The standard InChI is InChI=1S/C11H22N4O/c1-6-8-9(12)10(15(5)14-8)13-11(3,4)7(2)16/h7,13,16H,6,12H2,1-5H3. The predicted molar refractivity (Wildman–Crippen MR) is 66.4 cm³/mol. The molecule has 1 unspecified atom stereocenters. The molecule has 1 rings (SSSR count). The molecule has 0 saturated carbocycles. The van der Waals surface area contributed by atoms with Crippen molar-refractivity contribution in [2.45, 2.75) is 45.8 Å². The minimum Gasteiger partial charge on any atom is -0.394 e. The number of hydrogen-bond donors (Lipinski definition) is 3. The van der Waals surface area contributed by atoms with Gasteiger partial charge in [-0.15, -0.1) is 0 Å². The van der Waals surface area contributed by atoms with Gasteiger partial charge < -0.3 is 16.2 Å². The molecule has 92 valence electrons. The summed E-state index contributed by atoms with van der Waals surface area (Å²) in [5.74, 6) is 0.766. The lowest BCUT2D eigenvalue weighted by atomic mass is 9.99. The van der Waals surface area contributed by atoms with E-state index < -0.39 is 11.6 Å². The lowest BCUT2D eigenvalue weighted by Crippen LogP contribution is -2.42. The van der Waals surface area contributed by atoms with Crippen LogP contribution >= 0.6 is 0 Å². The van der Waals surface area contributed by atoms with Crippen LogP contribution in [0.5, 0.6) is 0 Å². The molecule has 4 N–H and O–H groups in total. The zero-order valence-corrected chi connectivity index (χ0v) is 10.7. The largest absolute Gasteiger partial charge is 0.394 e. The Labute approximate surface area is 96.6 Å². The molecule has 0 bridgehead atoms. The lowest BCUT2D eigenvalue weighted by molar-refractivity contribution is 0.133. The van der Waals surface area contributed by atoms with Crippen molar-refractivity contribution in [2.75, 3.05) is 11.1 Å². The highest BCUT2D eigenvalue weighted by Crippen LogP contribution is 2.26. The molecular formula is C11H22N4O. The van der Waals surface area contributed by atoms with E-state index >= 15 is 0 Å². The van der Waals surface area contributed by atoms with Crippen LogP contribution < -0.4 is 11.1 Å². The highest BCUT2D eigenvalue weighted by molar-refractivity contribution is 5.65. The average Bonchev–Trinajstić information content (AvgIpc) is 2.44. The van der Waals surface area contributed by atoms with Crippen LogP contribution in [0.15, 0.2) is 0 Å². The third-order valence-corrected chi connectivity index (χ3v) is 2.98. The summed E-state index contributed by atoms with van der Waals surface area (Å²) in [5.41, 5.74) is 7.10. The van der Waals surface area contributed by atoms with E-state index in [0.29, 0.717) is 5.69 Å². The Morgan fingerprint density at radius 1 is 1.56 bits per heavy atom. The van der Waals surface area contributed by atoms with Crippen LogP contribution in [0.4, 0.5) is 11.5 Å². The zero-order valence-electron chi connectivity index (χ0n) is 10.7. The Kier molecular flexibility index (Phi) is 3.48. The quantitative estimate of drug-likeness (QED) is 0.719. The molecule has 0 aliphatic heterocycles.